The summed E-state index contributed by atoms with van der Waals surface area (Å²) in [5.74, 6) is 1.02. The molecule has 7 heteroatoms. The van der Waals surface area contributed by atoms with Gasteiger partial charge in [0.05, 0.1) is 37.0 Å². The first-order valence-electron chi connectivity index (χ1n) is 10.4. The molecule has 0 aliphatic carbocycles. The lowest BCUT2D eigenvalue weighted by Gasteiger charge is -2.47. The molecule has 1 amide bonds. The van der Waals surface area contributed by atoms with E-state index in [1.54, 1.807) is 36.6 Å². The van der Waals surface area contributed by atoms with Gasteiger partial charge >= 0.3 is 0 Å². The van der Waals surface area contributed by atoms with E-state index < -0.39 is 17.7 Å². The first kappa shape index (κ1) is 21.5. The van der Waals surface area contributed by atoms with E-state index >= 15 is 0 Å². The number of aliphatic hydroxyl groups is 1. The first-order chi connectivity index (χ1) is 15.4. The molecule has 0 radical (unpaired) electrons. The third-order valence-electron chi connectivity index (χ3n) is 5.62. The lowest BCUT2D eigenvalue weighted by molar-refractivity contribution is -0.120. The molecule has 0 spiro atoms. The number of hydrogen-bond donors (Lipinski definition) is 2. The van der Waals surface area contributed by atoms with E-state index in [4.69, 9.17) is 9.15 Å². The Morgan fingerprint density at radius 3 is 2.66 bits per heavy atom. The third kappa shape index (κ3) is 4.32. The Morgan fingerprint density at radius 2 is 1.97 bits per heavy atom. The van der Waals surface area contributed by atoms with E-state index in [1.807, 2.05) is 49.1 Å². The van der Waals surface area contributed by atoms with Crippen molar-refractivity contribution < 1.29 is 19.1 Å². The molecular formula is C25H25N3O4. The van der Waals surface area contributed by atoms with Gasteiger partial charge in [-0.05, 0) is 56.3 Å². The number of furan rings is 1. The van der Waals surface area contributed by atoms with Gasteiger partial charge in [0.15, 0.2) is 0 Å². The fourth-order valence-corrected chi connectivity index (χ4v) is 3.95. The zero-order valence-corrected chi connectivity index (χ0v) is 18.0. The SMILES string of the molecule is CC1(C)Oc2ccc(C#N)cc2[C@H](N(CC(=O)NCc2ccco2)c2ccccc2)[C@H]1O. The van der Waals surface area contributed by atoms with Crippen LogP contribution in [0.15, 0.2) is 71.3 Å². The van der Waals surface area contributed by atoms with Crippen LogP contribution in [0.5, 0.6) is 5.75 Å². The second kappa shape index (κ2) is 8.77. The second-order valence-corrected chi connectivity index (χ2v) is 8.28. The molecule has 1 aromatic heterocycles. The minimum absolute atomic E-state index is 0.00124. The van der Waals surface area contributed by atoms with E-state index in [0.717, 1.165) is 5.69 Å². The highest BCUT2D eigenvalue weighted by Gasteiger charge is 2.46. The van der Waals surface area contributed by atoms with Crippen LogP contribution < -0.4 is 15.0 Å². The van der Waals surface area contributed by atoms with Gasteiger partial charge in [-0.2, -0.15) is 5.26 Å². The van der Waals surface area contributed by atoms with Crippen molar-refractivity contribution in [1.82, 2.24) is 5.32 Å². The topological polar surface area (TPSA) is 98.7 Å². The first-order valence-corrected chi connectivity index (χ1v) is 10.4. The van der Waals surface area contributed by atoms with Crippen LogP contribution in [0, 0.1) is 11.3 Å². The minimum Gasteiger partial charge on any atom is -0.485 e. The van der Waals surface area contributed by atoms with E-state index in [-0.39, 0.29) is 19.0 Å². The van der Waals surface area contributed by atoms with Crippen molar-refractivity contribution in [3.05, 3.63) is 83.8 Å². The van der Waals surface area contributed by atoms with Gasteiger partial charge < -0.3 is 24.5 Å². The van der Waals surface area contributed by atoms with Crippen LogP contribution in [0.3, 0.4) is 0 Å². The molecule has 0 saturated heterocycles. The summed E-state index contributed by atoms with van der Waals surface area (Å²) in [5.41, 5.74) is 0.998. The molecule has 7 nitrogen and oxygen atoms in total. The molecule has 164 valence electrons. The average molecular weight is 431 g/mol. The van der Waals surface area contributed by atoms with Crippen LogP contribution in [0.25, 0.3) is 0 Å². The van der Waals surface area contributed by atoms with E-state index in [9.17, 15) is 15.2 Å². The van der Waals surface area contributed by atoms with Gasteiger partial charge in [0.2, 0.25) is 5.91 Å². The Labute approximate surface area is 186 Å². The van der Waals surface area contributed by atoms with E-state index in [1.165, 1.54) is 0 Å². The van der Waals surface area contributed by atoms with Gasteiger partial charge in [-0.1, -0.05) is 18.2 Å². The average Bonchev–Trinajstić information content (AvgIpc) is 3.31. The summed E-state index contributed by atoms with van der Waals surface area (Å²) in [7, 11) is 0. The molecule has 0 unspecified atom stereocenters. The van der Waals surface area contributed by atoms with Crippen LogP contribution in [-0.2, 0) is 11.3 Å². The summed E-state index contributed by atoms with van der Waals surface area (Å²) in [4.78, 5) is 14.8. The Kier molecular flexibility index (Phi) is 5.89. The summed E-state index contributed by atoms with van der Waals surface area (Å²) in [5, 5.41) is 23.6. The maximum Gasteiger partial charge on any atom is 0.239 e. The van der Waals surface area contributed by atoms with Crippen LogP contribution in [0.4, 0.5) is 5.69 Å². The number of fused-ring (bicyclic) bond motifs is 1. The number of ether oxygens (including phenoxy) is 1. The smallest absolute Gasteiger partial charge is 0.239 e. The predicted molar refractivity (Wildman–Crippen MR) is 119 cm³/mol. The number of hydrogen-bond acceptors (Lipinski definition) is 6. The van der Waals surface area contributed by atoms with Gasteiger partial charge in [-0.15, -0.1) is 0 Å². The lowest BCUT2D eigenvalue weighted by Crippen LogP contribution is -2.55. The number of nitriles is 1. The van der Waals surface area contributed by atoms with Gasteiger partial charge in [0, 0.05) is 11.3 Å². The molecule has 3 aromatic rings. The van der Waals surface area contributed by atoms with Crippen LogP contribution in [0.1, 0.15) is 36.8 Å². The second-order valence-electron chi connectivity index (χ2n) is 8.28. The number of rotatable bonds is 6. The molecule has 1 aliphatic heterocycles. The summed E-state index contributed by atoms with van der Waals surface area (Å²) in [6.45, 7) is 3.89. The number of aliphatic hydroxyl groups excluding tert-OH is 1. The molecule has 2 aromatic carbocycles. The van der Waals surface area contributed by atoms with Crippen LogP contribution >= 0.6 is 0 Å². The van der Waals surface area contributed by atoms with Crippen LogP contribution in [0.2, 0.25) is 0 Å². The molecule has 1 aliphatic rings. The fraction of sp³-hybridized carbons (Fsp3) is 0.280. The molecule has 0 fully saturated rings. The highest BCUT2D eigenvalue weighted by molar-refractivity contribution is 5.81. The number of carbonyl (C=O) groups is 1. The van der Waals surface area contributed by atoms with Crippen molar-refractivity contribution in [2.75, 3.05) is 11.4 Å². The summed E-state index contributed by atoms with van der Waals surface area (Å²) in [6.07, 6.45) is 0.601. The molecule has 2 atom stereocenters. The highest BCUT2D eigenvalue weighted by Crippen LogP contribution is 2.44. The number of amides is 1. The van der Waals surface area contributed by atoms with Gasteiger partial charge in [-0.25, -0.2) is 0 Å². The van der Waals surface area contributed by atoms with Crippen LogP contribution in [-0.4, -0.2) is 29.3 Å². The number of benzene rings is 2. The lowest BCUT2D eigenvalue weighted by atomic mass is 9.84. The zero-order chi connectivity index (χ0) is 22.7. The summed E-state index contributed by atoms with van der Waals surface area (Å²) in [6, 6.07) is 19.7. The van der Waals surface area contributed by atoms with Crippen molar-refractivity contribution in [2.45, 2.75) is 38.1 Å². The van der Waals surface area contributed by atoms with Crippen molar-refractivity contribution in [3.8, 4) is 11.8 Å². The molecule has 0 bridgehead atoms. The van der Waals surface area contributed by atoms with Gasteiger partial charge in [0.25, 0.3) is 0 Å². The van der Waals surface area contributed by atoms with Crippen molar-refractivity contribution in [1.29, 1.82) is 5.26 Å². The molecule has 2 heterocycles. The van der Waals surface area contributed by atoms with Crippen molar-refractivity contribution >= 4 is 11.6 Å². The minimum atomic E-state index is -0.956. The highest BCUT2D eigenvalue weighted by atomic mass is 16.5. The molecule has 4 rings (SSSR count). The van der Waals surface area contributed by atoms with Gasteiger partial charge in [-0.3, -0.25) is 4.79 Å². The number of para-hydroxylation sites is 1. The summed E-state index contributed by atoms with van der Waals surface area (Å²) >= 11 is 0. The Bertz CT molecular complexity index is 1120. The monoisotopic (exact) mass is 431 g/mol. The normalized spacial score (nSPS) is 18.7. The Morgan fingerprint density at radius 1 is 1.19 bits per heavy atom. The molecular weight excluding hydrogens is 406 g/mol. The third-order valence-corrected chi connectivity index (χ3v) is 5.62. The maximum absolute atomic E-state index is 12.9. The largest absolute Gasteiger partial charge is 0.485 e. The number of anilines is 1. The van der Waals surface area contributed by atoms with Crippen molar-refractivity contribution in [2.24, 2.45) is 0 Å². The quantitative estimate of drug-likeness (QED) is 0.619. The summed E-state index contributed by atoms with van der Waals surface area (Å²) < 4.78 is 11.3. The predicted octanol–water partition coefficient (Wildman–Crippen LogP) is 3.55. The Balaban J connectivity index is 1.71. The standard InChI is InChI=1S/C25H25N3O4/c1-25(2)24(30)23(20-13-17(14-26)10-11-21(20)32-25)28(18-7-4-3-5-8-18)16-22(29)27-15-19-9-6-12-31-19/h3-13,23-24,30H,15-16H2,1-2H3,(H,27,29)/t23-,24+/m0/s1. The zero-order valence-electron chi connectivity index (χ0n) is 18.0. The van der Waals surface area contributed by atoms with E-state index in [0.29, 0.717) is 22.6 Å². The molecule has 32 heavy (non-hydrogen) atoms. The van der Waals surface area contributed by atoms with Gasteiger partial charge in [0.1, 0.15) is 23.2 Å². The van der Waals surface area contributed by atoms with Crippen molar-refractivity contribution in [3.63, 3.8) is 0 Å². The number of carbonyl (C=O) groups excluding carboxylic acids is 1. The Hall–Kier alpha value is -3.76. The number of nitrogens with zero attached hydrogens (tertiary/aromatic N) is 2. The van der Waals surface area contributed by atoms with E-state index in [2.05, 4.69) is 11.4 Å². The fourth-order valence-electron chi connectivity index (χ4n) is 3.95. The molecule has 0 saturated carbocycles. The maximum atomic E-state index is 12.9. The number of nitrogens with one attached hydrogen (secondary N) is 1. The molecule has 2 N–H and O–H groups in total.